The third-order valence-electron chi connectivity index (χ3n) is 6.84. The average molecular weight is 621 g/mol. The van der Waals surface area contributed by atoms with Crippen molar-refractivity contribution in [1.29, 1.82) is 0 Å². The third-order valence-corrected chi connectivity index (χ3v) is 7.79. The predicted octanol–water partition coefficient (Wildman–Crippen LogP) is 7.31. The van der Waals surface area contributed by atoms with Gasteiger partial charge < -0.3 is 24.9 Å². The molecule has 0 fully saturated rings. The molecule has 0 aliphatic rings. The Kier molecular flexibility index (Phi) is 29.2. The van der Waals surface area contributed by atoms with Crippen LogP contribution in [0, 0.1) is 0 Å². The summed E-state index contributed by atoms with van der Waals surface area (Å²) in [5.41, 5.74) is 0. The number of aliphatic hydroxyl groups is 3. The number of carbonyl (C=O) groups is 1. The minimum absolute atomic E-state index is 0.263. The van der Waals surface area contributed by atoms with E-state index in [0.29, 0.717) is 0 Å². The molecule has 42 heavy (non-hydrogen) atoms. The van der Waals surface area contributed by atoms with Gasteiger partial charge in [-0.3, -0.25) is 13.8 Å². The van der Waals surface area contributed by atoms with Gasteiger partial charge in [0.15, 0.2) is 0 Å². The molecule has 0 aromatic heterocycles. The van der Waals surface area contributed by atoms with Crippen molar-refractivity contribution < 1.29 is 43.4 Å². The first-order valence-corrected chi connectivity index (χ1v) is 17.8. The zero-order chi connectivity index (χ0) is 31.2. The molecule has 0 saturated heterocycles. The van der Waals surface area contributed by atoms with Gasteiger partial charge in [-0.1, -0.05) is 115 Å². The largest absolute Gasteiger partial charge is 0.472 e. The summed E-state index contributed by atoms with van der Waals surface area (Å²) < 4.78 is 25.6. The number of phosphoric ester groups is 1. The molecule has 0 rings (SSSR count). The minimum Gasteiger partial charge on any atom is -0.463 e. The van der Waals surface area contributed by atoms with Crippen molar-refractivity contribution in [3.05, 3.63) is 24.3 Å². The maximum absolute atomic E-state index is 11.8. The highest BCUT2D eigenvalue weighted by atomic mass is 31.2. The molecule has 9 nitrogen and oxygen atoms in total. The number of hydrogen-bond acceptors (Lipinski definition) is 8. The Labute approximate surface area is 255 Å². The van der Waals surface area contributed by atoms with Crippen molar-refractivity contribution in [2.24, 2.45) is 0 Å². The van der Waals surface area contributed by atoms with Gasteiger partial charge in [-0.25, -0.2) is 4.57 Å². The van der Waals surface area contributed by atoms with Crippen LogP contribution in [-0.2, 0) is 23.1 Å². The summed E-state index contributed by atoms with van der Waals surface area (Å²) in [5.74, 6) is -0.431. The zero-order valence-electron chi connectivity index (χ0n) is 26.2. The van der Waals surface area contributed by atoms with Crippen molar-refractivity contribution in [3.8, 4) is 0 Å². The summed E-state index contributed by atoms with van der Waals surface area (Å²) in [7, 11) is -4.49. The first-order valence-electron chi connectivity index (χ1n) is 16.3. The molecule has 0 saturated carbocycles. The van der Waals surface area contributed by atoms with E-state index in [2.05, 4.69) is 40.3 Å². The van der Waals surface area contributed by atoms with Gasteiger partial charge in [-0.15, -0.1) is 0 Å². The number of ether oxygens (including phenoxy) is 1. The van der Waals surface area contributed by atoms with Crippen LogP contribution in [0.15, 0.2) is 24.3 Å². The van der Waals surface area contributed by atoms with Gasteiger partial charge in [0.2, 0.25) is 0 Å². The molecule has 0 aromatic carbocycles. The standard InChI is InChI=1S/C32H61O9P/c1-2-3-4-5-6-7-8-9-10-11-12-13-14-15-16-17-18-19-20-21-22-23-24-25-32(36)39-27-31(35)29-41-42(37,38)40-28-30(34)26-33/h8-9,11-12,30-31,33-35H,2-7,10,13-29H2,1H3,(H,37,38)/b9-8-,12-11-. The first-order chi connectivity index (χ1) is 20.3. The Bertz CT molecular complexity index is 714. The van der Waals surface area contributed by atoms with E-state index in [1.54, 1.807) is 0 Å². The van der Waals surface area contributed by atoms with Crippen LogP contribution >= 0.6 is 7.82 Å². The Morgan fingerprint density at radius 2 is 1.12 bits per heavy atom. The Balaban J connectivity index is 3.45. The number of phosphoric acid groups is 1. The highest BCUT2D eigenvalue weighted by Crippen LogP contribution is 2.43. The lowest BCUT2D eigenvalue weighted by molar-refractivity contribution is -0.147. The quantitative estimate of drug-likeness (QED) is 0.0271. The van der Waals surface area contributed by atoms with E-state index in [1.807, 2.05) is 0 Å². The fourth-order valence-corrected chi connectivity index (χ4v) is 5.05. The molecular weight excluding hydrogens is 559 g/mol. The Morgan fingerprint density at radius 1 is 0.667 bits per heavy atom. The zero-order valence-corrected chi connectivity index (χ0v) is 27.1. The fraction of sp³-hybridized carbons (Fsp3) is 0.844. The summed E-state index contributed by atoms with van der Waals surface area (Å²) in [4.78, 5) is 21.2. The van der Waals surface area contributed by atoms with Crippen LogP contribution in [0.3, 0.4) is 0 Å². The molecule has 0 spiro atoms. The van der Waals surface area contributed by atoms with Crippen molar-refractivity contribution in [2.75, 3.05) is 26.4 Å². The van der Waals surface area contributed by atoms with E-state index in [1.165, 1.54) is 96.3 Å². The van der Waals surface area contributed by atoms with E-state index >= 15 is 0 Å². The molecule has 0 aliphatic carbocycles. The van der Waals surface area contributed by atoms with Gasteiger partial charge in [0, 0.05) is 6.42 Å². The fourth-order valence-electron chi connectivity index (χ4n) is 4.25. The van der Waals surface area contributed by atoms with Gasteiger partial charge in [0.25, 0.3) is 0 Å². The van der Waals surface area contributed by atoms with E-state index in [9.17, 15) is 19.4 Å². The number of esters is 1. The van der Waals surface area contributed by atoms with Crippen LogP contribution in [0.4, 0.5) is 0 Å². The van der Waals surface area contributed by atoms with Crippen LogP contribution in [0.5, 0.6) is 0 Å². The predicted molar refractivity (Wildman–Crippen MR) is 168 cm³/mol. The van der Waals surface area contributed by atoms with Crippen LogP contribution in [0.1, 0.15) is 135 Å². The molecule has 0 radical (unpaired) electrons. The van der Waals surface area contributed by atoms with Gasteiger partial charge in [-0.2, -0.15) is 0 Å². The highest BCUT2D eigenvalue weighted by Gasteiger charge is 2.24. The minimum atomic E-state index is -4.49. The first kappa shape index (κ1) is 40.9. The second kappa shape index (κ2) is 30.0. The van der Waals surface area contributed by atoms with Crippen LogP contribution < -0.4 is 0 Å². The SMILES string of the molecule is CCCCCCC/C=C\C/C=C\CCCCCCCCCCCCCC(=O)OCC(O)COP(=O)(O)OCC(O)CO. The number of hydrogen-bond donors (Lipinski definition) is 4. The molecular formula is C32H61O9P. The smallest absolute Gasteiger partial charge is 0.463 e. The van der Waals surface area contributed by atoms with Crippen molar-refractivity contribution in [1.82, 2.24) is 0 Å². The summed E-state index contributed by atoms with van der Waals surface area (Å²) in [6.45, 7) is 0.101. The van der Waals surface area contributed by atoms with E-state index in [0.717, 1.165) is 25.7 Å². The molecule has 3 unspecified atom stereocenters. The van der Waals surface area contributed by atoms with E-state index < -0.39 is 45.8 Å². The summed E-state index contributed by atoms with van der Waals surface area (Å²) in [6.07, 6.45) is 30.1. The van der Waals surface area contributed by atoms with Gasteiger partial charge in [0.1, 0.15) is 18.8 Å². The van der Waals surface area contributed by atoms with Crippen molar-refractivity contribution >= 4 is 13.8 Å². The molecule has 0 amide bonds. The maximum atomic E-state index is 11.8. The van der Waals surface area contributed by atoms with Crippen LogP contribution in [0.25, 0.3) is 0 Å². The molecule has 0 aromatic rings. The molecule has 0 aliphatic heterocycles. The molecule has 3 atom stereocenters. The monoisotopic (exact) mass is 620 g/mol. The second-order valence-electron chi connectivity index (χ2n) is 11.0. The summed E-state index contributed by atoms with van der Waals surface area (Å²) >= 11 is 0. The third kappa shape index (κ3) is 30.4. The number of carbonyl (C=O) groups excluding carboxylic acids is 1. The van der Waals surface area contributed by atoms with Crippen LogP contribution in [-0.4, -0.2) is 64.8 Å². The maximum Gasteiger partial charge on any atom is 0.472 e. The Hall–Kier alpha value is -1.06. The van der Waals surface area contributed by atoms with Gasteiger partial charge >= 0.3 is 13.8 Å². The average Bonchev–Trinajstić information content (AvgIpc) is 2.98. The summed E-state index contributed by atoms with van der Waals surface area (Å²) in [5, 5.41) is 27.5. The topological polar surface area (TPSA) is 143 Å². The van der Waals surface area contributed by atoms with Gasteiger partial charge in [0.05, 0.1) is 19.8 Å². The molecule has 248 valence electrons. The van der Waals surface area contributed by atoms with Crippen molar-refractivity contribution in [3.63, 3.8) is 0 Å². The van der Waals surface area contributed by atoms with Gasteiger partial charge in [-0.05, 0) is 38.5 Å². The van der Waals surface area contributed by atoms with E-state index in [4.69, 9.17) is 14.9 Å². The lowest BCUT2D eigenvalue weighted by Gasteiger charge is -2.16. The number of rotatable bonds is 31. The summed E-state index contributed by atoms with van der Waals surface area (Å²) in [6, 6.07) is 0. The van der Waals surface area contributed by atoms with Crippen molar-refractivity contribution in [2.45, 2.75) is 148 Å². The number of allylic oxidation sites excluding steroid dienone is 4. The molecule has 0 heterocycles. The van der Waals surface area contributed by atoms with Crippen LogP contribution in [0.2, 0.25) is 0 Å². The molecule has 0 bridgehead atoms. The molecule has 10 heteroatoms. The Morgan fingerprint density at radius 3 is 1.62 bits per heavy atom. The lowest BCUT2D eigenvalue weighted by atomic mass is 10.0. The number of aliphatic hydroxyl groups excluding tert-OH is 3. The lowest BCUT2D eigenvalue weighted by Crippen LogP contribution is -2.24. The number of unbranched alkanes of at least 4 members (excludes halogenated alkanes) is 16. The highest BCUT2D eigenvalue weighted by molar-refractivity contribution is 7.47. The molecule has 4 N–H and O–H groups in total. The normalized spacial score (nSPS) is 14.9. The van der Waals surface area contributed by atoms with E-state index in [-0.39, 0.29) is 13.0 Å². The second-order valence-corrected chi connectivity index (χ2v) is 12.5.